The molecular formula is C6H12O16P4-4. The molecule has 1 heterocycles. The number of hydrogen-bond donors (Lipinski definition) is 3. The standard InChI is InChI=1S/C6H16O16P4/c1-23(9,10)20-6-5(8)4(7)3(19-6)2-18-25(14,15)22-26(16,17)21-24(11,12)13/h3-8H,2H2,1H3,(H,9,10)(H,14,15)(H,16,17)(H2,11,12,13)/p-4/t3-,4-,5-,6-/m1/s1. The normalized spacial score (nSPS) is 35.8. The van der Waals surface area contributed by atoms with E-state index in [1.54, 1.807) is 0 Å². The molecule has 1 aliphatic rings. The molecule has 0 saturated carbocycles. The summed E-state index contributed by atoms with van der Waals surface area (Å²) in [6.07, 6.45) is -7.43. The van der Waals surface area contributed by atoms with Crippen LogP contribution in [0.4, 0.5) is 0 Å². The molecule has 0 aromatic rings. The highest BCUT2D eigenvalue weighted by Crippen LogP contribution is 2.61. The van der Waals surface area contributed by atoms with Gasteiger partial charge in [-0.2, -0.15) is 0 Å². The lowest BCUT2D eigenvalue weighted by molar-refractivity contribution is -0.251. The quantitative estimate of drug-likeness (QED) is 0.275. The van der Waals surface area contributed by atoms with E-state index in [2.05, 4.69) is 17.7 Å². The highest BCUT2D eigenvalue weighted by Gasteiger charge is 2.45. The van der Waals surface area contributed by atoms with Crippen LogP contribution in [0.2, 0.25) is 0 Å². The van der Waals surface area contributed by atoms with E-state index in [0.717, 1.165) is 0 Å². The Morgan fingerprint density at radius 1 is 0.962 bits per heavy atom. The molecule has 0 aliphatic carbocycles. The molecule has 26 heavy (non-hydrogen) atoms. The van der Waals surface area contributed by atoms with Crippen molar-refractivity contribution in [3.05, 3.63) is 0 Å². The van der Waals surface area contributed by atoms with Crippen molar-refractivity contribution in [2.45, 2.75) is 24.6 Å². The van der Waals surface area contributed by atoms with E-state index in [0.29, 0.717) is 6.66 Å². The molecule has 0 aromatic carbocycles. The lowest BCUT2D eigenvalue weighted by atomic mass is 10.1. The second-order valence-corrected chi connectivity index (χ2v) is 10.8. The van der Waals surface area contributed by atoms with Crippen LogP contribution in [0.15, 0.2) is 0 Å². The average Bonchev–Trinajstić information content (AvgIpc) is 2.58. The Morgan fingerprint density at radius 3 is 1.96 bits per heavy atom. The highest BCUT2D eigenvalue weighted by atomic mass is 31.3. The minimum absolute atomic E-state index is 0.626. The van der Waals surface area contributed by atoms with Gasteiger partial charge in [-0.05, 0) is 0 Å². The van der Waals surface area contributed by atoms with Crippen molar-refractivity contribution in [2.24, 2.45) is 0 Å². The molecule has 156 valence electrons. The topological polar surface area (TPSA) is 267 Å². The first-order valence-corrected chi connectivity index (χ1v) is 12.5. The summed E-state index contributed by atoms with van der Waals surface area (Å²) in [5, 5.41) is 19.1. The Hall–Kier alpha value is 0.440. The van der Waals surface area contributed by atoms with Crippen LogP contribution >= 0.6 is 31.1 Å². The van der Waals surface area contributed by atoms with Crippen LogP contribution in [0.5, 0.6) is 0 Å². The summed E-state index contributed by atoms with van der Waals surface area (Å²) in [5.41, 5.74) is 0. The van der Waals surface area contributed by atoms with Crippen molar-refractivity contribution in [2.75, 3.05) is 13.3 Å². The fourth-order valence-electron chi connectivity index (χ4n) is 1.58. The van der Waals surface area contributed by atoms with Gasteiger partial charge < -0.3 is 53.0 Å². The Labute approximate surface area is 145 Å². The minimum Gasteiger partial charge on any atom is -0.779 e. The number of phosphoric ester groups is 1. The Kier molecular flexibility index (Phi) is 7.94. The molecule has 16 nitrogen and oxygen atoms in total. The molecule has 0 bridgehead atoms. The highest BCUT2D eigenvalue weighted by molar-refractivity contribution is 7.65. The second kappa shape index (κ2) is 8.44. The third kappa shape index (κ3) is 8.63. The summed E-state index contributed by atoms with van der Waals surface area (Å²) >= 11 is 0. The molecular weight excluding hydrogens is 452 g/mol. The van der Waals surface area contributed by atoms with Crippen molar-refractivity contribution in [3.63, 3.8) is 0 Å². The summed E-state index contributed by atoms with van der Waals surface area (Å²) in [4.78, 5) is 51.7. The van der Waals surface area contributed by atoms with Crippen molar-refractivity contribution in [1.82, 2.24) is 0 Å². The molecule has 20 heteroatoms. The number of ether oxygens (including phenoxy) is 1. The van der Waals surface area contributed by atoms with Gasteiger partial charge in [-0.25, -0.2) is 8.62 Å². The maximum absolute atomic E-state index is 11.3. The average molecular weight is 464 g/mol. The fraction of sp³-hybridized carbons (Fsp3) is 1.00. The predicted molar refractivity (Wildman–Crippen MR) is 68.5 cm³/mol. The van der Waals surface area contributed by atoms with Gasteiger partial charge in [0.15, 0.2) is 6.29 Å². The number of rotatable bonds is 9. The monoisotopic (exact) mass is 464 g/mol. The molecule has 3 N–H and O–H groups in total. The maximum Gasteiger partial charge on any atom is 0.280 e. The zero-order valence-electron chi connectivity index (χ0n) is 12.5. The molecule has 0 spiro atoms. The van der Waals surface area contributed by atoms with Crippen LogP contribution in [-0.2, 0) is 40.7 Å². The summed E-state index contributed by atoms with van der Waals surface area (Å²) in [6.45, 7) is -0.569. The Bertz CT molecular complexity index is 678. The minimum atomic E-state index is -6.10. The van der Waals surface area contributed by atoms with Gasteiger partial charge in [0.05, 0.1) is 6.61 Å². The first-order valence-electron chi connectivity index (χ1n) is 6.12. The molecule has 0 radical (unpaired) electrons. The van der Waals surface area contributed by atoms with E-state index in [1.807, 2.05) is 0 Å². The largest absolute Gasteiger partial charge is 0.779 e. The van der Waals surface area contributed by atoms with Crippen LogP contribution in [0, 0.1) is 0 Å². The number of phosphoric acid groups is 3. The molecule has 1 fully saturated rings. The van der Waals surface area contributed by atoms with Crippen LogP contribution in [0.25, 0.3) is 0 Å². The van der Waals surface area contributed by atoms with Crippen LogP contribution in [-0.4, -0.2) is 53.0 Å². The number of aliphatic hydroxyl groups excluding tert-OH is 2. The zero-order valence-corrected chi connectivity index (χ0v) is 16.0. The molecule has 1 saturated heterocycles. The molecule has 0 amide bonds. The van der Waals surface area contributed by atoms with Crippen molar-refractivity contribution < 1.29 is 75.3 Å². The fourth-order valence-corrected chi connectivity index (χ4v) is 5.03. The third-order valence-electron chi connectivity index (χ3n) is 2.41. The van der Waals surface area contributed by atoms with E-state index in [4.69, 9.17) is 9.63 Å². The third-order valence-corrected chi connectivity index (χ3v) is 6.70. The van der Waals surface area contributed by atoms with Gasteiger partial charge >= 0.3 is 0 Å². The second-order valence-electron chi connectivity index (χ2n) is 4.72. The van der Waals surface area contributed by atoms with Crippen LogP contribution in [0.1, 0.15) is 0 Å². The summed E-state index contributed by atoms with van der Waals surface area (Å²) in [7, 11) is -22.2. The summed E-state index contributed by atoms with van der Waals surface area (Å²) in [5.74, 6) is 0. The smallest absolute Gasteiger partial charge is 0.280 e. The van der Waals surface area contributed by atoms with Crippen LogP contribution in [0.3, 0.4) is 0 Å². The Balaban J connectivity index is 2.67. The lowest BCUT2D eigenvalue weighted by Crippen LogP contribution is -2.35. The van der Waals surface area contributed by atoms with E-state index in [1.165, 1.54) is 0 Å². The van der Waals surface area contributed by atoms with Crippen molar-refractivity contribution in [1.29, 1.82) is 0 Å². The maximum atomic E-state index is 11.3. The summed E-state index contributed by atoms with van der Waals surface area (Å²) in [6, 6.07) is 0. The predicted octanol–water partition coefficient (Wildman–Crippen LogP) is -3.92. The Morgan fingerprint density at radius 2 is 1.50 bits per heavy atom. The van der Waals surface area contributed by atoms with Crippen LogP contribution < -0.4 is 19.6 Å². The van der Waals surface area contributed by atoms with Gasteiger partial charge in [-0.3, -0.25) is 13.7 Å². The summed E-state index contributed by atoms with van der Waals surface area (Å²) < 4.78 is 62.9. The first kappa shape index (κ1) is 24.5. The van der Waals surface area contributed by atoms with E-state index in [-0.39, 0.29) is 0 Å². The van der Waals surface area contributed by atoms with E-state index < -0.39 is 62.3 Å². The van der Waals surface area contributed by atoms with Gasteiger partial charge in [0.1, 0.15) is 25.9 Å². The van der Waals surface area contributed by atoms with Gasteiger partial charge in [0.25, 0.3) is 23.5 Å². The zero-order chi connectivity index (χ0) is 20.6. The lowest BCUT2D eigenvalue weighted by Gasteiger charge is -2.33. The number of aliphatic hydroxyl groups is 2. The van der Waals surface area contributed by atoms with Gasteiger partial charge in [0, 0.05) is 6.66 Å². The van der Waals surface area contributed by atoms with E-state index in [9.17, 15) is 48.0 Å². The van der Waals surface area contributed by atoms with Gasteiger partial charge in [-0.15, -0.1) is 0 Å². The van der Waals surface area contributed by atoms with Crippen molar-refractivity contribution in [3.8, 4) is 0 Å². The first-order chi connectivity index (χ1) is 11.4. The molecule has 1 rings (SSSR count). The van der Waals surface area contributed by atoms with E-state index >= 15 is 0 Å². The van der Waals surface area contributed by atoms with Gasteiger partial charge in [-0.1, -0.05) is 0 Å². The van der Waals surface area contributed by atoms with Crippen molar-refractivity contribution >= 4 is 31.1 Å². The molecule has 4 unspecified atom stereocenters. The molecule has 1 aliphatic heterocycles. The molecule has 0 aromatic heterocycles. The molecule has 8 atom stereocenters. The van der Waals surface area contributed by atoms with Gasteiger partial charge in [0.2, 0.25) is 0 Å². The number of hydrogen-bond acceptors (Lipinski definition) is 15. The SMILES string of the molecule is CP(=O)([O-])O[C@H]1O[C@H](COP(=O)([O-])OP(=O)([O-])OP(=O)([O-])O)[C@@H](O)[C@H]1O.